The molecule has 0 unspecified atom stereocenters. The standard InChI is InChI=1S/C45H32N2/c1-45(2)40-37-23-9-7-16-31(37)25-26-39(40)43-41(45)42(46-44(47-43)38-24-12-17-30-15-6-8-22-36(30)38)35-21-11-20-34(28-35)33-19-10-18-32(27-33)29-13-4-3-5-14-29/h3-28H,1-2H3. The Morgan fingerprint density at radius 1 is 0.383 bits per heavy atom. The molecule has 1 aromatic heterocycles. The Hall–Kier alpha value is -5.86. The summed E-state index contributed by atoms with van der Waals surface area (Å²) in [6, 6.07) is 56.4. The second-order valence-corrected chi connectivity index (χ2v) is 13.0. The van der Waals surface area contributed by atoms with Crippen LogP contribution in [0.3, 0.4) is 0 Å². The van der Waals surface area contributed by atoms with Crippen LogP contribution >= 0.6 is 0 Å². The van der Waals surface area contributed by atoms with Crippen molar-refractivity contribution in [3.05, 3.63) is 169 Å². The molecule has 8 aromatic rings. The van der Waals surface area contributed by atoms with Gasteiger partial charge >= 0.3 is 0 Å². The van der Waals surface area contributed by atoms with Gasteiger partial charge < -0.3 is 0 Å². The average molecular weight is 601 g/mol. The highest BCUT2D eigenvalue weighted by Crippen LogP contribution is 2.54. The van der Waals surface area contributed by atoms with Crippen molar-refractivity contribution in [1.29, 1.82) is 0 Å². The summed E-state index contributed by atoms with van der Waals surface area (Å²) in [6.45, 7) is 4.67. The van der Waals surface area contributed by atoms with Crippen LogP contribution in [0.25, 0.3) is 77.7 Å². The number of hydrogen-bond acceptors (Lipinski definition) is 2. The molecule has 0 radical (unpaired) electrons. The molecule has 0 saturated carbocycles. The van der Waals surface area contributed by atoms with Crippen LogP contribution in [-0.4, -0.2) is 9.97 Å². The predicted octanol–water partition coefficient (Wildman–Crippen LogP) is 11.8. The molecular weight excluding hydrogens is 569 g/mol. The van der Waals surface area contributed by atoms with Crippen molar-refractivity contribution in [3.8, 4) is 56.2 Å². The van der Waals surface area contributed by atoms with Gasteiger partial charge in [0, 0.05) is 27.7 Å². The van der Waals surface area contributed by atoms with Gasteiger partial charge in [0.2, 0.25) is 0 Å². The Balaban J connectivity index is 1.29. The van der Waals surface area contributed by atoms with Crippen molar-refractivity contribution < 1.29 is 0 Å². The topological polar surface area (TPSA) is 25.8 Å². The summed E-state index contributed by atoms with van der Waals surface area (Å²) >= 11 is 0. The molecule has 0 N–H and O–H groups in total. The zero-order chi connectivity index (χ0) is 31.5. The summed E-state index contributed by atoms with van der Waals surface area (Å²) in [5.74, 6) is 0.754. The maximum Gasteiger partial charge on any atom is 0.161 e. The molecule has 2 heteroatoms. The van der Waals surface area contributed by atoms with Gasteiger partial charge in [0.15, 0.2) is 5.82 Å². The van der Waals surface area contributed by atoms with Crippen LogP contribution in [0.5, 0.6) is 0 Å². The van der Waals surface area contributed by atoms with Crippen LogP contribution < -0.4 is 0 Å². The molecule has 0 atom stereocenters. The fraction of sp³-hybridized carbons (Fsp3) is 0.0667. The van der Waals surface area contributed by atoms with Gasteiger partial charge in [-0.15, -0.1) is 0 Å². The summed E-state index contributed by atoms with van der Waals surface area (Å²) < 4.78 is 0. The monoisotopic (exact) mass is 600 g/mol. The van der Waals surface area contributed by atoms with E-state index in [9.17, 15) is 0 Å². The van der Waals surface area contributed by atoms with E-state index in [1.54, 1.807) is 0 Å². The molecule has 9 rings (SSSR count). The Kier molecular flexibility index (Phi) is 6.20. The lowest BCUT2D eigenvalue weighted by molar-refractivity contribution is 0.663. The summed E-state index contributed by atoms with van der Waals surface area (Å²) in [5, 5.41) is 4.86. The lowest BCUT2D eigenvalue weighted by atomic mass is 9.78. The normalized spacial score (nSPS) is 13.1. The lowest BCUT2D eigenvalue weighted by Crippen LogP contribution is -2.18. The third-order valence-corrected chi connectivity index (χ3v) is 9.81. The average Bonchev–Trinajstić information content (AvgIpc) is 3.37. The number of hydrogen-bond donors (Lipinski definition) is 0. The molecule has 0 saturated heterocycles. The van der Waals surface area contributed by atoms with Gasteiger partial charge in [0.1, 0.15) is 0 Å². The van der Waals surface area contributed by atoms with Crippen LogP contribution in [-0.2, 0) is 5.41 Å². The largest absolute Gasteiger partial charge is 0.228 e. The first-order chi connectivity index (χ1) is 23.1. The van der Waals surface area contributed by atoms with Crippen LogP contribution in [0.15, 0.2) is 158 Å². The zero-order valence-corrected chi connectivity index (χ0v) is 26.4. The maximum absolute atomic E-state index is 5.48. The molecule has 222 valence electrons. The van der Waals surface area contributed by atoms with E-state index < -0.39 is 0 Å². The van der Waals surface area contributed by atoms with Crippen molar-refractivity contribution in [2.45, 2.75) is 19.3 Å². The molecule has 7 aromatic carbocycles. The fourth-order valence-electron chi connectivity index (χ4n) is 7.62. The molecule has 1 aliphatic rings. The van der Waals surface area contributed by atoms with Crippen LogP contribution in [0.2, 0.25) is 0 Å². The summed E-state index contributed by atoms with van der Waals surface area (Å²) in [4.78, 5) is 10.9. The third-order valence-electron chi connectivity index (χ3n) is 9.81. The smallest absolute Gasteiger partial charge is 0.161 e. The van der Waals surface area contributed by atoms with Gasteiger partial charge in [-0.25, -0.2) is 9.97 Å². The maximum atomic E-state index is 5.48. The molecule has 0 amide bonds. The third kappa shape index (κ3) is 4.40. The van der Waals surface area contributed by atoms with E-state index in [1.807, 2.05) is 0 Å². The van der Waals surface area contributed by atoms with E-state index in [2.05, 4.69) is 172 Å². The quantitative estimate of drug-likeness (QED) is 0.201. The van der Waals surface area contributed by atoms with Crippen molar-refractivity contribution in [1.82, 2.24) is 9.97 Å². The highest BCUT2D eigenvalue weighted by molar-refractivity contribution is 6.00. The number of rotatable bonds is 4. The first-order valence-electron chi connectivity index (χ1n) is 16.3. The van der Waals surface area contributed by atoms with Gasteiger partial charge in [-0.1, -0.05) is 159 Å². The van der Waals surface area contributed by atoms with Crippen molar-refractivity contribution in [2.24, 2.45) is 0 Å². The minimum atomic E-state index is -0.304. The van der Waals surface area contributed by atoms with Crippen LogP contribution in [0.4, 0.5) is 0 Å². The van der Waals surface area contributed by atoms with Gasteiger partial charge in [0.05, 0.1) is 11.4 Å². The summed E-state index contributed by atoms with van der Waals surface area (Å²) in [6.07, 6.45) is 0. The zero-order valence-electron chi connectivity index (χ0n) is 26.4. The second kappa shape index (κ2) is 10.6. The molecule has 0 bridgehead atoms. The van der Waals surface area contributed by atoms with Gasteiger partial charge in [-0.05, 0) is 61.5 Å². The van der Waals surface area contributed by atoms with E-state index in [1.165, 1.54) is 49.5 Å². The molecular formula is C45H32N2. The summed E-state index contributed by atoms with van der Waals surface area (Å²) in [7, 11) is 0. The first kappa shape index (κ1) is 27.5. The Bertz CT molecular complexity index is 2490. The van der Waals surface area contributed by atoms with E-state index in [4.69, 9.17) is 9.97 Å². The van der Waals surface area contributed by atoms with E-state index in [0.29, 0.717) is 0 Å². The van der Waals surface area contributed by atoms with E-state index in [-0.39, 0.29) is 5.41 Å². The van der Waals surface area contributed by atoms with Crippen molar-refractivity contribution >= 4 is 21.5 Å². The molecule has 0 spiro atoms. The lowest BCUT2D eigenvalue weighted by Gasteiger charge is -2.25. The fourth-order valence-corrected chi connectivity index (χ4v) is 7.62. The molecule has 0 fully saturated rings. The Labute approximate surface area is 275 Å². The van der Waals surface area contributed by atoms with Crippen molar-refractivity contribution in [3.63, 3.8) is 0 Å². The molecule has 1 aliphatic carbocycles. The SMILES string of the molecule is CC1(C)c2c(-c3cccc(-c4cccc(-c5ccccc5)c4)c3)nc(-c3cccc4ccccc34)nc2-c2ccc3ccccc3c21. The van der Waals surface area contributed by atoms with E-state index in [0.717, 1.165) is 39.3 Å². The molecule has 2 nitrogen and oxygen atoms in total. The van der Waals surface area contributed by atoms with Gasteiger partial charge in [-0.3, -0.25) is 0 Å². The Morgan fingerprint density at radius 2 is 0.915 bits per heavy atom. The first-order valence-corrected chi connectivity index (χ1v) is 16.3. The molecule has 47 heavy (non-hydrogen) atoms. The van der Waals surface area contributed by atoms with Crippen LogP contribution in [0, 0.1) is 0 Å². The van der Waals surface area contributed by atoms with E-state index >= 15 is 0 Å². The highest BCUT2D eigenvalue weighted by atomic mass is 14.9. The van der Waals surface area contributed by atoms with Crippen LogP contribution in [0.1, 0.15) is 25.0 Å². The second-order valence-electron chi connectivity index (χ2n) is 13.0. The number of fused-ring (bicyclic) bond motifs is 6. The molecule has 0 aliphatic heterocycles. The minimum absolute atomic E-state index is 0.304. The minimum Gasteiger partial charge on any atom is -0.228 e. The highest BCUT2D eigenvalue weighted by Gasteiger charge is 2.41. The number of nitrogens with zero attached hydrogens (tertiary/aromatic N) is 2. The predicted molar refractivity (Wildman–Crippen MR) is 196 cm³/mol. The number of aromatic nitrogens is 2. The Morgan fingerprint density at radius 3 is 1.68 bits per heavy atom. The molecule has 1 heterocycles. The van der Waals surface area contributed by atoms with Gasteiger partial charge in [-0.2, -0.15) is 0 Å². The van der Waals surface area contributed by atoms with Gasteiger partial charge in [0.25, 0.3) is 0 Å². The number of benzene rings is 7. The summed E-state index contributed by atoms with van der Waals surface area (Å²) in [5.41, 5.74) is 12.3. The van der Waals surface area contributed by atoms with Crippen molar-refractivity contribution in [2.75, 3.05) is 0 Å².